The third-order valence-electron chi connectivity index (χ3n) is 3.80. The van der Waals surface area contributed by atoms with Gasteiger partial charge in [-0.2, -0.15) is 0 Å². The Kier molecular flexibility index (Phi) is 2.45. The summed E-state index contributed by atoms with van der Waals surface area (Å²) in [5, 5.41) is 10.2. The van der Waals surface area contributed by atoms with Crippen LogP contribution in [0.15, 0.2) is 12.7 Å². The van der Waals surface area contributed by atoms with Gasteiger partial charge in [0.25, 0.3) is 0 Å². The standard InChI is InChI=1S/C12H20O3/c1-4-11(13)5-6-12(10(2,3)9-11)14-7-8-15-12/h4,13H,1,5-9H2,2-3H3. The van der Waals surface area contributed by atoms with Gasteiger partial charge in [0.2, 0.25) is 0 Å². The van der Waals surface area contributed by atoms with Crippen LogP contribution in [-0.2, 0) is 9.47 Å². The summed E-state index contributed by atoms with van der Waals surface area (Å²) in [5.41, 5.74) is -0.936. The van der Waals surface area contributed by atoms with Crippen LogP contribution in [0.25, 0.3) is 0 Å². The molecule has 0 radical (unpaired) electrons. The predicted octanol–water partition coefficient (Wildman–Crippen LogP) is 1.86. The average molecular weight is 212 g/mol. The van der Waals surface area contributed by atoms with Gasteiger partial charge in [0, 0.05) is 11.8 Å². The lowest BCUT2D eigenvalue weighted by atomic mass is 9.65. The largest absolute Gasteiger partial charge is 0.386 e. The SMILES string of the molecule is C=CC1(O)CCC2(OCCO2)C(C)(C)C1. The number of ether oxygens (including phenoxy) is 2. The maximum Gasteiger partial charge on any atom is 0.173 e. The molecule has 1 aliphatic carbocycles. The summed E-state index contributed by atoms with van der Waals surface area (Å²) in [6.45, 7) is 9.21. The van der Waals surface area contributed by atoms with Crippen LogP contribution in [0, 0.1) is 5.41 Å². The molecule has 1 heterocycles. The minimum absolute atomic E-state index is 0.176. The van der Waals surface area contributed by atoms with Crippen molar-refractivity contribution in [2.45, 2.75) is 44.5 Å². The molecule has 1 saturated carbocycles. The normalized spacial score (nSPS) is 38.1. The Morgan fingerprint density at radius 1 is 1.20 bits per heavy atom. The summed E-state index contributed by atoms with van der Waals surface area (Å²) >= 11 is 0. The molecule has 1 atom stereocenters. The van der Waals surface area contributed by atoms with Crippen molar-refractivity contribution >= 4 is 0 Å². The maximum atomic E-state index is 10.2. The third-order valence-corrected chi connectivity index (χ3v) is 3.80. The molecule has 1 spiro atoms. The van der Waals surface area contributed by atoms with Crippen LogP contribution >= 0.6 is 0 Å². The second kappa shape index (κ2) is 3.30. The lowest BCUT2D eigenvalue weighted by Crippen LogP contribution is -2.54. The molecule has 0 amide bonds. The molecule has 3 nitrogen and oxygen atoms in total. The molecule has 0 aromatic heterocycles. The molecule has 2 fully saturated rings. The summed E-state index contributed by atoms with van der Waals surface area (Å²) < 4.78 is 11.5. The van der Waals surface area contributed by atoms with Crippen molar-refractivity contribution in [3.05, 3.63) is 12.7 Å². The monoisotopic (exact) mass is 212 g/mol. The first-order chi connectivity index (χ1) is 6.93. The highest BCUT2D eigenvalue weighted by molar-refractivity contribution is 5.08. The molecule has 1 aliphatic heterocycles. The Balaban J connectivity index is 2.23. The molecule has 3 heteroatoms. The third kappa shape index (κ3) is 1.63. The zero-order valence-corrected chi connectivity index (χ0v) is 9.58. The van der Waals surface area contributed by atoms with E-state index in [1.165, 1.54) is 0 Å². The molecule has 2 aliphatic rings. The Morgan fingerprint density at radius 3 is 2.27 bits per heavy atom. The maximum absolute atomic E-state index is 10.2. The molecular formula is C12H20O3. The van der Waals surface area contributed by atoms with Gasteiger partial charge in [-0.3, -0.25) is 0 Å². The number of hydrogen-bond acceptors (Lipinski definition) is 3. The van der Waals surface area contributed by atoms with Gasteiger partial charge in [-0.1, -0.05) is 19.9 Å². The van der Waals surface area contributed by atoms with Crippen LogP contribution in [0.5, 0.6) is 0 Å². The predicted molar refractivity (Wildman–Crippen MR) is 57.4 cm³/mol. The zero-order chi connectivity index (χ0) is 11.2. The number of hydrogen-bond donors (Lipinski definition) is 1. The fourth-order valence-corrected chi connectivity index (χ4v) is 2.87. The molecule has 1 saturated heterocycles. The lowest BCUT2D eigenvalue weighted by molar-refractivity contribution is -0.265. The second-order valence-electron chi connectivity index (χ2n) is 5.32. The van der Waals surface area contributed by atoms with E-state index < -0.39 is 11.4 Å². The van der Waals surface area contributed by atoms with E-state index in [0.29, 0.717) is 26.1 Å². The first-order valence-electron chi connectivity index (χ1n) is 5.57. The molecule has 0 aromatic rings. The van der Waals surface area contributed by atoms with E-state index in [-0.39, 0.29) is 5.41 Å². The van der Waals surface area contributed by atoms with Gasteiger partial charge in [-0.05, 0) is 12.8 Å². The van der Waals surface area contributed by atoms with E-state index in [0.717, 1.165) is 6.42 Å². The highest BCUT2D eigenvalue weighted by atomic mass is 16.7. The van der Waals surface area contributed by atoms with Crippen LogP contribution < -0.4 is 0 Å². The van der Waals surface area contributed by atoms with Crippen molar-refractivity contribution in [2.75, 3.05) is 13.2 Å². The van der Waals surface area contributed by atoms with Gasteiger partial charge in [0.05, 0.1) is 18.8 Å². The second-order valence-corrected chi connectivity index (χ2v) is 5.32. The van der Waals surface area contributed by atoms with Crippen molar-refractivity contribution in [2.24, 2.45) is 5.41 Å². The summed E-state index contributed by atoms with van der Waals surface area (Å²) in [7, 11) is 0. The van der Waals surface area contributed by atoms with Gasteiger partial charge >= 0.3 is 0 Å². The van der Waals surface area contributed by atoms with Crippen LogP contribution in [0.2, 0.25) is 0 Å². The van der Waals surface area contributed by atoms with E-state index in [4.69, 9.17) is 9.47 Å². The highest BCUT2D eigenvalue weighted by Crippen LogP contribution is 2.52. The molecular weight excluding hydrogens is 192 g/mol. The fraction of sp³-hybridized carbons (Fsp3) is 0.833. The van der Waals surface area contributed by atoms with Gasteiger partial charge in [-0.25, -0.2) is 0 Å². The van der Waals surface area contributed by atoms with Crippen molar-refractivity contribution < 1.29 is 14.6 Å². The van der Waals surface area contributed by atoms with E-state index in [1.807, 2.05) is 0 Å². The van der Waals surface area contributed by atoms with Crippen LogP contribution in [0.4, 0.5) is 0 Å². The summed E-state index contributed by atoms with van der Waals surface area (Å²) in [6.07, 6.45) is 3.70. The highest BCUT2D eigenvalue weighted by Gasteiger charge is 2.56. The number of aliphatic hydroxyl groups is 1. The van der Waals surface area contributed by atoms with Crippen LogP contribution in [0.3, 0.4) is 0 Å². The molecule has 1 unspecified atom stereocenters. The van der Waals surface area contributed by atoms with Gasteiger partial charge < -0.3 is 14.6 Å². The Morgan fingerprint density at radius 2 is 1.80 bits per heavy atom. The average Bonchev–Trinajstić information content (AvgIpc) is 2.62. The molecule has 0 bridgehead atoms. The minimum Gasteiger partial charge on any atom is -0.386 e. The topological polar surface area (TPSA) is 38.7 Å². The van der Waals surface area contributed by atoms with Crippen molar-refractivity contribution in [3.8, 4) is 0 Å². The van der Waals surface area contributed by atoms with E-state index >= 15 is 0 Å². The summed E-state index contributed by atoms with van der Waals surface area (Å²) in [5.74, 6) is -0.484. The Labute approximate surface area is 91.1 Å². The lowest BCUT2D eigenvalue weighted by Gasteiger charge is -2.50. The Hall–Kier alpha value is -0.380. The molecule has 0 aromatic carbocycles. The fourth-order valence-electron chi connectivity index (χ4n) is 2.87. The van der Waals surface area contributed by atoms with Crippen molar-refractivity contribution in [1.82, 2.24) is 0 Å². The molecule has 2 rings (SSSR count). The Bertz CT molecular complexity index is 266. The quantitative estimate of drug-likeness (QED) is 0.674. The smallest absolute Gasteiger partial charge is 0.173 e. The zero-order valence-electron chi connectivity index (χ0n) is 9.58. The molecule has 1 N–H and O–H groups in total. The summed E-state index contributed by atoms with van der Waals surface area (Å²) in [6, 6.07) is 0. The first kappa shape index (κ1) is 11.1. The van der Waals surface area contributed by atoms with E-state index in [2.05, 4.69) is 20.4 Å². The van der Waals surface area contributed by atoms with Crippen LogP contribution in [-0.4, -0.2) is 29.7 Å². The minimum atomic E-state index is -0.760. The van der Waals surface area contributed by atoms with Gasteiger partial charge in [0.1, 0.15) is 0 Å². The molecule has 15 heavy (non-hydrogen) atoms. The molecule has 86 valence electrons. The summed E-state index contributed by atoms with van der Waals surface area (Å²) in [4.78, 5) is 0. The first-order valence-corrected chi connectivity index (χ1v) is 5.57. The van der Waals surface area contributed by atoms with Gasteiger partial charge in [-0.15, -0.1) is 6.58 Å². The van der Waals surface area contributed by atoms with E-state index in [9.17, 15) is 5.11 Å². The van der Waals surface area contributed by atoms with Gasteiger partial charge in [0.15, 0.2) is 5.79 Å². The van der Waals surface area contributed by atoms with Crippen LogP contribution in [0.1, 0.15) is 33.1 Å². The van der Waals surface area contributed by atoms with Crippen molar-refractivity contribution in [1.29, 1.82) is 0 Å². The van der Waals surface area contributed by atoms with Crippen molar-refractivity contribution in [3.63, 3.8) is 0 Å². The van der Waals surface area contributed by atoms with E-state index in [1.54, 1.807) is 6.08 Å². The number of rotatable bonds is 1.